The van der Waals surface area contributed by atoms with Gasteiger partial charge in [0.1, 0.15) is 6.29 Å². The average molecular weight is 202 g/mol. The van der Waals surface area contributed by atoms with Crippen molar-refractivity contribution in [2.45, 2.75) is 37.9 Å². The summed E-state index contributed by atoms with van der Waals surface area (Å²) in [4.78, 5) is 10.8. The molecule has 1 fully saturated rings. The van der Waals surface area contributed by atoms with Crippen LogP contribution in [0.15, 0.2) is 18.2 Å². The standard InChI is InChI=1S/C13H14O2/c1-12-5-6-13(2,15-12)11-7-9(8-14)3-4-10(11)12/h3-4,7-8H,5-6H2,1-2H3. The Morgan fingerprint density at radius 1 is 1.20 bits per heavy atom. The summed E-state index contributed by atoms with van der Waals surface area (Å²) in [6, 6.07) is 5.90. The lowest BCUT2D eigenvalue weighted by Gasteiger charge is -2.22. The van der Waals surface area contributed by atoms with Gasteiger partial charge in [0.15, 0.2) is 0 Å². The SMILES string of the molecule is CC12CCC(C)(O1)c1cc(C=O)ccc12. The van der Waals surface area contributed by atoms with Gasteiger partial charge in [0.2, 0.25) is 0 Å². The van der Waals surface area contributed by atoms with E-state index < -0.39 is 0 Å². The van der Waals surface area contributed by atoms with Crippen molar-refractivity contribution in [2.24, 2.45) is 0 Å². The predicted molar refractivity (Wildman–Crippen MR) is 56.9 cm³/mol. The Morgan fingerprint density at radius 3 is 2.53 bits per heavy atom. The summed E-state index contributed by atoms with van der Waals surface area (Å²) in [6.45, 7) is 4.27. The van der Waals surface area contributed by atoms with Crippen molar-refractivity contribution in [1.82, 2.24) is 0 Å². The van der Waals surface area contributed by atoms with Crippen LogP contribution in [0.2, 0.25) is 0 Å². The molecule has 1 aromatic rings. The highest BCUT2D eigenvalue weighted by atomic mass is 16.5. The van der Waals surface area contributed by atoms with Gasteiger partial charge in [-0.05, 0) is 43.9 Å². The Kier molecular flexibility index (Phi) is 1.52. The molecule has 78 valence electrons. The van der Waals surface area contributed by atoms with E-state index in [4.69, 9.17) is 4.74 Å². The van der Waals surface area contributed by atoms with Crippen molar-refractivity contribution in [3.63, 3.8) is 0 Å². The van der Waals surface area contributed by atoms with Gasteiger partial charge in [-0.25, -0.2) is 0 Å². The van der Waals surface area contributed by atoms with Crippen molar-refractivity contribution in [1.29, 1.82) is 0 Å². The molecule has 15 heavy (non-hydrogen) atoms. The van der Waals surface area contributed by atoms with E-state index in [9.17, 15) is 4.79 Å². The molecule has 0 spiro atoms. The van der Waals surface area contributed by atoms with E-state index in [1.165, 1.54) is 11.1 Å². The van der Waals surface area contributed by atoms with Gasteiger partial charge >= 0.3 is 0 Å². The molecule has 2 heterocycles. The number of rotatable bonds is 1. The molecule has 2 aliphatic rings. The largest absolute Gasteiger partial charge is 0.360 e. The van der Waals surface area contributed by atoms with Crippen LogP contribution in [-0.2, 0) is 15.9 Å². The van der Waals surface area contributed by atoms with Crippen molar-refractivity contribution in [3.05, 3.63) is 34.9 Å². The van der Waals surface area contributed by atoms with Crippen molar-refractivity contribution in [2.75, 3.05) is 0 Å². The number of hydrogen-bond acceptors (Lipinski definition) is 2. The van der Waals surface area contributed by atoms with E-state index in [1.54, 1.807) is 0 Å². The lowest BCUT2D eigenvalue weighted by Crippen LogP contribution is -2.18. The van der Waals surface area contributed by atoms with Crippen LogP contribution in [0.5, 0.6) is 0 Å². The minimum absolute atomic E-state index is 0.120. The highest BCUT2D eigenvalue weighted by molar-refractivity contribution is 5.76. The second-order valence-electron chi connectivity index (χ2n) is 4.99. The number of hydrogen-bond donors (Lipinski definition) is 0. The first-order valence-electron chi connectivity index (χ1n) is 5.38. The van der Waals surface area contributed by atoms with Crippen LogP contribution in [0.3, 0.4) is 0 Å². The molecule has 2 unspecified atom stereocenters. The first-order chi connectivity index (χ1) is 7.07. The van der Waals surface area contributed by atoms with Crippen molar-refractivity contribution in [3.8, 4) is 0 Å². The summed E-state index contributed by atoms with van der Waals surface area (Å²) in [5.41, 5.74) is 2.94. The lowest BCUT2D eigenvalue weighted by molar-refractivity contribution is -0.0662. The predicted octanol–water partition coefficient (Wildman–Crippen LogP) is 2.75. The Hall–Kier alpha value is -1.15. The zero-order valence-corrected chi connectivity index (χ0v) is 9.04. The first-order valence-corrected chi connectivity index (χ1v) is 5.38. The van der Waals surface area contributed by atoms with Crippen molar-refractivity contribution < 1.29 is 9.53 Å². The summed E-state index contributed by atoms with van der Waals surface area (Å²) in [7, 11) is 0. The van der Waals surface area contributed by atoms with Gasteiger partial charge in [0, 0.05) is 5.56 Å². The molecule has 2 bridgehead atoms. The summed E-state index contributed by atoms with van der Waals surface area (Å²) >= 11 is 0. The van der Waals surface area contributed by atoms with Crippen LogP contribution in [0.1, 0.15) is 48.2 Å². The number of aldehydes is 1. The number of benzene rings is 1. The average Bonchev–Trinajstić information content (AvgIpc) is 2.66. The maximum absolute atomic E-state index is 10.8. The zero-order chi connectivity index (χ0) is 10.7. The van der Waals surface area contributed by atoms with E-state index >= 15 is 0 Å². The fraction of sp³-hybridized carbons (Fsp3) is 0.462. The van der Waals surface area contributed by atoms with E-state index in [-0.39, 0.29) is 11.2 Å². The third kappa shape index (κ3) is 1.00. The highest BCUT2D eigenvalue weighted by Crippen LogP contribution is 2.57. The fourth-order valence-electron chi connectivity index (χ4n) is 2.99. The van der Waals surface area contributed by atoms with Gasteiger partial charge in [-0.1, -0.05) is 12.1 Å². The quantitative estimate of drug-likeness (QED) is 0.654. The van der Waals surface area contributed by atoms with E-state index in [2.05, 4.69) is 13.8 Å². The molecule has 1 aromatic carbocycles. The van der Waals surface area contributed by atoms with E-state index in [1.807, 2.05) is 18.2 Å². The fourth-order valence-corrected chi connectivity index (χ4v) is 2.99. The number of fused-ring (bicyclic) bond motifs is 5. The number of ether oxygens (including phenoxy) is 1. The third-order valence-corrected chi connectivity index (χ3v) is 3.85. The summed E-state index contributed by atoms with van der Waals surface area (Å²) in [5, 5.41) is 0. The molecule has 2 atom stereocenters. The van der Waals surface area contributed by atoms with Gasteiger partial charge in [0.25, 0.3) is 0 Å². The molecule has 2 aliphatic heterocycles. The van der Waals surface area contributed by atoms with Gasteiger partial charge in [-0.15, -0.1) is 0 Å². The van der Waals surface area contributed by atoms with Gasteiger partial charge in [0.05, 0.1) is 11.2 Å². The molecule has 2 nitrogen and oxygen atoms in total. The van der Waals surface area contributed by atoms with Crippen LogP contribution < -0.4 is 0 Å². The molecule has 2 heteroatoms. The second kappa shape index (κ2) is 2.50. The number of carbonyl (C=O) groups excluding carboxylic acids is 1. The topological polar surface area (TPSA) is 26.3 Å². The second-order valence-corrected chi connectivity index (χ2v) is 4.99. The normalized spacial score (nSPS) is 36.7. The van der Waals surface area contributed by atoms with E-state index in [0.29, 0.717) is 0 Å². The Labute approximate surface area is 89.2 Å². The summed E-state index contributed by atoms with van der Waals surface area (Å²) in [6.07, 6.45) is 3.04. The molecular formula is C13H14O2. The molecule has 3 rings (SSSR count). The molecule has 1 saturated heterocycles. The van der Waals surface area contributed by atoms with Crippen LogP contribution in [-0.4, -0.2) is 6.29 Å². The molecule has 0 amide bonds. The molecule has 0 N–H and O–H groups in total. The number of carbonyl (C=O) groups is 1. The maximum atomic E-state index is 10.8. The maximum Gasteiger partial charge on any atom is 0.150 e. The molecule has 0 saturated carbocycles. The summed E-state index contributed by atoms with van der Waals surface area (Å²) in [5.74, 6) is 0. The third-order valence-electron chi connectivity index (χ3n) is 3.85. The highest BCUT2D eigenvalue weighted by Gasteiger charge is 2.54. The Bertz CT molecular complexity index is 452. The van der Waals surface area contributed by atoms with Crippen LogP contribution >= 0.6 is 0 Å². The van der Waals surface area contributed by atoms with Crippen molar-refractivity contribution >= 4 is 6.29 Å². The zero-order valence-electron chi connectivity index (χ0n) is 9.04. The van der Waals surface area contributed by atoms with Crippen LogP contribution in [0.25, 0.3) is 0 Å². The monoisotopic (exact) mass is 202 g/mol. The van der Waals surface area contributed by atoms with Crippen LogP contribution in [0, 0.1) is 0 Å². The van der Waals surface area contributed by atoms with E-state index in [0.717, 1.165) is 24.7 Å². The Balaban J connectivity index is 2.25. The Morgan fingerprint density at radius 2 is 1.87 bits per heavy atom. The van der Waals surface area contributed by atoms with Gasteiger partial charge in [-0.2, -0.15) is 0 Å². The van der Waals surface area contributed by atoms with Gasteiger partial charge in [-0.3, -0.25) is 4.79 Å². The minimum atomic E-state index is -0.164. The smallest absolute Gasteiger partial charge is 0.150 e. The summed E-state index contributed by atoms with van der Waals surface area (Å²) < 4.78 is 6.10. The van der Waals surface area contributed by atoms with Crippen LogP contribution in [0.4, 0.5) is 0 Å². The minimum Gasteiger partial charge on any atom is -0.360 e. The molecular weight excluding hydrogens is 188 g/mol. The lowest BCUT2D eigenvalue weighted by atomic mass is 9.78. The molecule has 0 aliphatic carbocycles. The molecule has 0 aromatic heterocycles. The first kappa shape index (κ1) is 9.10. The molecule has 0 radical (unpaired) electrons. The van der Waals surface area contributed by atoms with Gasteiger partial charge < -0.3 is 4.74 Å².